The Balaban J connectivity index is 2.32. The Morgan fingerprint density at radius 1 is 1.32 bits per heavy atom. The molecule has 1 aliphatic rings. The van der Waals surface area contributed by atoms with Gasteiger partial charge in [0, 0.05) is 28.2 Å². The molecule has 0 saturated carbocycles. The number of fused-ring (bicyclic) bond motifs is 3. The van der Waals surface area contributed by atoms with Crippen molar-refractivity contribution in [3.63, 3.8) is 0 Å². The van der Waals surface area contributed by atoms with Crippen LogP contribution >= 0.6 is 11.6 Å². The van der Waals surface area contributed by atoms with Gasteiger partial charge < -0.3 is 0 Å². The van der Waals surface area contributed by atoms with Crippen LogP contribution in [-0.4, -0.2) is 19.9 Å². The first-order valence-electron chi connectivity index (χ1n) is 6.23. The van der Waals surface area contributed by atoms with Gasteiger partial charge in [0.1, 0.15) is 11.0 Å². The van der Waals surface area contributed by atoms with Crippen LogP contribution in [0.2, 0.25) is 5.15 Å². The van der Waals surface area contributed by atoms with Crippen molar-refractivity contribution in [2.75, 3.05) is 5.75 Å². The minimum atomic E-state index is -1.00. The van der Waals surface area contributed by atoms with E-state index in [2.05, 4.69) is 9.97 Å². The van der Waals surface area contributed by atoms with Crippen molar-refractivity contribution < 1.29 is 4.21 Å². The van der Waals surface area contributed by atoms with Gasteiger partial charge in [0.25, 0.3) is 0 Å². The van der Waals surface area contributed by atoms with Crippen molar-refractivity contribution in [3.8, 4) is 11.3 Å². The molecule has 0 amide bonds. The second-order valence-corrected chi connectivity index (χ2v) is 6.30. The Labute approximate surface area is 119 Å². The quantitative estimate of drug-likeness (QED) is 0.759. The fourth-order valence-electron chi connectivity index (χ4n) is 2.27. The fraction of sp³-hybridized carbons (Fsp3) is 0.286. The van der Waals surface area contributed by atoms with Crippen molar-refractivity contribution in [3.05, 3.63) is 40.8 Å². The molecule has 0 aliphatic carbocycles. The summed E-state index contributed by atoms with van der Waals surface area (Å²) in [4.78, 5) is 9.74. The number of benzene rings is 1. The first-order chi connectivity index (χ1) is 9.20. The molecule has 2 heterocycles. The van der Waals surface area contributed by atoms with Crippen LogP contribution in [0, 0.1) is 0 Å². The Morgan fingerprint density at radius 3 is 2.89 bits per heavy atom. The third kappa shape index (κ3) is 2.19. The van der Waals surface area contributed by atoms with Crippen LogP contribution < -0.4 is 0 Å². The van der Waals surface area contributed by atoms with Crippen molar-refractivity contribution in [1.29, 1.82) is 0 Å². The predicted molar refractivity (Wildman–Crippen MR) is 76.8 cm³/mol. The lowest BCUT2D eigenvalue weighted by atomic mass is 10.1. The van der Waals surface area contributed by atoms with Crippen LogP contribution in [-0.2, 0) is 23.6 Å². The number of nitrogens with zero attached hydrogens (tertiary/aromatic N) is 2. The van der Waals surface area contributed by atoms with Crippen LogP contribution in [0.3, 0.4) is 0 Å². The van der Waals surface area contributed by atoms with Crippen molar-refractivity contribution >= 4 is 22.4 Å². The molecule has 1 aromatic carbocycles. The standard InChI is InChI=1S/C14H13ClN2OS/c1-2-12-16-13-9-5-3-4-6-11(9)19(18)8-7-10(13)14(15)17-12/h3-6H,2,7-8H2,1H3. The second-order valence-electron chi connectivity index (χ2n) is 4.41. The van der Waals surface area contributed by atoms with E-state index in [4.69, 9.17) is 11.6 Å². The first-order valence-corrected chi connectivity index (χ1v) is 7.93. The maximum atomic E-state index is 12.3. The number of aryl methyl sites for hydroxylation is 1. The molecule has 1 aliphatic heterocycles. The molecule has 1 atom stereocenters. The van der Waals surface area contributed by atoms with Gasteiger partial charge >= 0.3 is 0 Å². The van der Waals surface area contributed by atoms with Gasteiger partial charge in [-0.25, -0.2) is 9.97 Å². The van der Waals surface area contributed by atoms with Crippen molar-refractivity contribution in [2.45, 2.75) is 24.7 Å². The Hall–Kier alpha value is -1.26. The molecule has 19 heavy (non-hydrogen) atoms. The van der Waals surface area contributed by atoms with E-state index >= 15 is 0 Å². The minimum Gasteiger partial charge on any atom is -0.254 e. The van der Waals surface area contributed by atoms with E-state index < -0.39 is 10.8 Å². The molecular formula is C14H13ClN2OS. The molecule has 98 valence electrons. The summed E-state index contributed by atoms with van der Waals surface area (Å²) in [5.41, 5.74) is 2.68. The molecule has 0 N–H and O–H groups in total. The number of aromatic nitrogens is 2. The third-order valence-corrected chi connectivity index (χ3v) is 4.98. The van der Waals surface area contributed by atoms with Gasteiger partial charge in [-0.05, 0) is 12.5 Å². The van der Waals surface area contributed by atoms with Gasteiger partial charge in [0.2, 0.25) is 0 Å². The molecule has 5 heteroatoms. The summed E-state index contributed by atoms with van der Waals surface area (Å²) in [6, 6.07) is 7.71. The third-order valence-electron chi connectivity index (χ3n) is 3.24. The van der Waals surface area contributed by atoms with Crippen LogP contribution in [0.4, 0.5) is 0 Å². The highest BCUT2D eigenvalue weighted by Crippen LogP contribution is 2.34. The molecule has 3 nitrogen and oxygen atoms in total. The maximum absolute atomic E-state index is 12.3. The molecule has 0 spiro atoms. The number of halogens is 1. The Kier molecular flexibility index (Phi) is 3.37. The van der Waals surface area contributed by atoms with Gasteiger partial charge in [0.15, 0.2) is 0 Å². The van der Waals surface area contributed by atoms with E-state index in [0.717, 1.165) is 34.0 Å². The Morgan fingerprint density at radius 2 is 2.11 bits per heavy atom. The minimum absolute atomic E-state index is 0.496. The maximum Gasteiger partial charge on any atom is 0.136 e. The number of hydrogen-bond donors (Lipinski definition) is 0. The zero-order valence-electron chi connectivity index (χ0n) is 10.5. The summed E-state index contributed by atoms with van der Waals surface area (Å²) in [7, 11) is -1.00. The van der Waals surface area contributed by atoms with Gasteiger partial charge in [-0.15, -0.1) is 0 Å². The molecule has 1 aromatic heterocycles. The van der Waals surface area contributed by atoms with Crippen molar-refractivity contribution in [1.82, 2.24) is 9.97 Å². The fourth-order valence-corrected chi connectivity index (χ4v) is 3.80. The van der Waals surface area contributed by atoms with Gasteiger partial charge in [-0.1, -0.05) is 36.7 Å². The normalized spacial score (nSPS) is 17.5. The summed E-state index contributed by atoms with van der Waals surface area (Å²) < 4.78 is 12.3. The van der Waals surface area contributed by atoms with E-state index in [1.165, 1.54) is 0 Å². The van der Waals surface area contributed by atoms with Gasteiger partial charge in [-0.2, -0.15) is 0 Å². The first kappa shape index (κ1) is 12.8. The largest absolute Gasteiger partial charge is 0.254 e. The molecule has 0 saturated heterocycles. The highest BCUT2D eigenvalue weighted by molar-refractivity contribution is 7.85. The monoisotopic (exact) mass is 292 g/mol. The lowest BCUT2D eigenvalue weighted by Crippen LogP contribution is -2.03. The van der Waals surface area contributed by atoms with E-state index in [1.54, 1.807) is 0 Å². The second kappa shape index (κ2) is 5.02. The highest BCUT2D eigenvalue weighted by atomic mass is 35.5. The smallest absolute Gasteiger partial charge is 0.136 e. The van der Waals surface area contributed by atoms with E-state index in [0.29, 0.717) is 17.3 Å². The molecule has 2 aromatic rings. The summed E-state index contributed by atoms with van der Waals surface area (Å²) in [5, 5.41) is 0.496. The summed E-state index contributed by atoms with van der Waals surface area (Å²) in [6.45, 7) is 2.00. The average Bonchev–Trinajstić information content (AvgIpc) is 2.58. The van der Waals surface area contributed by atoms with Crippen LogP contribution in [0.5, 0.6) is 0 Å². The molecule has 1 unspecified atom stereocenters. The summed E-state index contributed by atoms with van der Waals surface area (Å²) in [5.74, 6) is 1.30. The van der Waals surface area contributed by atoms with Gasteiger partial charge in [-0.3, -0.25) is 4.21 Å². The Bertz CT molecular complexity index is 672. The summed E-state index contributed by atoms with van der Waals surface area (Å²) >= 11 is 6.26. The van der Waals surface area contributed by atoms with Crippen LogP contribution in [0.1, 0.15) is 18.3 Å². The van der Waals surface area contributed by atoms with E-state index in [-0.39, 0.29) is 0 Å². The number of rotatable bonds is 1. The average molecular weight is 293 g/mol. The molecule has 0 fully saturated rings. The van der Waals surface area contributed by atoms with Crippen LogP contribution in [0.15, 0.2) is 29.2 Å². The molecule has 0 radical (unpaired) electrons. The number of hydrogen-bond acceptors (Lipinski definition) is 3. The summed E-state index contributed by atoms with van der Waals surface area (Å²) in [6.07, 6.45) is 1.39. The SMILES string of the molecule is CCc1nc(Cl)c2c(n1)-c1ccccc1S(=O)CC2. The lowest BCUT2D eigenvalue weighted by Gasteiger charge is -2.10. The van der Waals surface area contributed by atoms with E-state index in [1.807, 2.05) is 31.2 Å². The predicted octanol–water partition coefficient (Wildman–Crippen LogP) is 3.02. The van der Waals surface area contributed by atoms with E-state index in [9.17, 15) is 4.21 Å². The molecular weight excluding hydrogens is 280 g/mol. The molecule has 0 bridgehead atoms. The molecule has 3 rings (SSSR count). The lowest BCUT2D eigenvalue weighted by molar-refractivity contribution is 0.683. The van der Waals surface area contributed by atoms with Crippen molar-refractivity contribution in [2.24, 2.45) is 0 Å². The van der Waals surface area contributed by atoms with Gasteiger partial charge in [0.05, 0.1) is 16.5 Å². The zero-order valence-corrected chi connectivity index (χ0v) is 12.1. The topological polar surface area (TPSA) is 42.9 Å². The van der Waals surface area contributed by atoms with Crippen LogP contribution in [0.25, 0.3) is 11.3 Å². The highest BCUT2D eigenvalue weighted by Gasteiger charge is 2.23. The zero-order chi connectivity index (χ0) is 13.4.